The lowest BCUT2D eigenvalue weighted by atomic mass is 10.1. The summed E-state index contributed by atoms with van der Waals surface area (Å²) < 4.78 is 6.18. The molecule has 2 aromatic rings. The topological polar surface area (TPSA) is 37.9 Å². The molecule has 94 valence electrons. The number of H-pyrrole nitrogens is 1. The molecule has 18 heavy (non-hydrogen) atoms. The summed E-state index contributed by atoms with van der Waals surface area (Å²) in [5, 5.41) is 0. The normalized spacial score (nSPS) is 10.7. The molecule has 1 aromatic carbocycles. The fourth-order valence-electron chi connectivity index (χ4n) is 1.73. The van der Waals surface area contributed by atoms with Crippen molar-refractivity contribution in [3.8, 4) is 17.0 Å². The summed E-state index contributed by atoms with van der Waals surface area (Å²) in [7, 11) is 0. The summed E-state index contributed by atoms with van der Waals surface area (Å²) in [5.74, 6) is 0.848. The van der Waals surface area contributed by atoms with Crippen molar-refractivity contribution in [2.24, 2.45) is 0 Å². The van der Waals surface area contributed by atoms with Crippen LogP contribution < -0.4 is 4.74 Å². The molecule has 0 spiro atoms. The van der Waals surface area contributed by atoms with Crippen molar-refractivity contribution in [2.75, 3.05) is 0 Å². The molecule has 1 aromatic heterocycles. The molecule has 2 rings (SSSR count). The molecule has 1 N–H and O–H groups in total. The van der Waals surface area contributed by atoms with E-state index in [9.17, 15) is 0 Å². The summed E-state index contributed by atoms with van der Waals surface area (Å²) in [5.41, 5.74) is 2.88. The van der Waals surface area contributed by atoms with Crippen molar-refractivity contribution in [1.82, 2.24) is 9.97 Å². The summed E-state index contributed by atoms with van der Waals surface area (Å²) in [6.45, 7) is 5.98. The maximum absolute atomic E-state index is 5.68. The number of rotatable bonds is 3. The van der Waals surface area contributed by atoms with E-state index in [1.165, 1.54) is 0 Å². The molecule has 3 nitrogen and oxygen atoms in total. The third-order valence-electron chi connectivity index (χ3n) is 2.38. The monoisotopic (exact) mass is 260 g/mol. The highest BCUT2D eigenvalue weighted by molar-refractivity contribution is 7.71. The number of aryl methyl sites for hydroxylation is 1. The van der Waals surface area contributed by atoms with Crippen LogP contribution in [-0.2, 0) is 0 Å². The van der Waals surface area contributed by atoms with Gasteiger partial charge in [-0.15, -0.1) is 0 Å². The van der Waals surface area contributed by atoms with Crippen molar-refractivity contribution in [3.63, 3.8) is 0 Å². The molecule has 0 aliphatic carbocycles. The average Bonchev–Trinajstić information content (AvgIpc) is 2.27. The van der Waals surface area contributed by atoms with Gasteiger partial charge < -0.3 is 9.72 Å². The second-order valence-corrected chi connectivity index (χ2v) is 4.84. The fraction of sp³-hybridized carbons (Fsp3) is 0.286. The Morgan fingerprint density at radius 3 is 2.72 bits per heavy atom. The van der Waals surface area contributed by atoms with Gasteiger partial charge >= 0.3 is 0 Å². The first-order chi connectivity index (χ1) is 8.54. The molecular weight excluding hydrogens is 244 g/mol. The van der Waals surface area contributed by atoms with Crippen molar-refractivity contribution >= 4 is 12.2 Å². The quantitative estimate of drug-likeness (QED) is 0.850. The first-order valence-corrected chi connectivity index (χ1v) is 6.30. The van der Waals surface area contributed by atoms with Crippen LogP contribution in [0.3, 0.4) is 0 Å². The number of benzene rings is 1. The molecule has 0 aliphatic rings. The predicted molar refractivity (Wildman–Crippen MR) is 75.4 cm³/mol. The Morgan fingerprint density at radius 2 is 2.06 bits per heavy atom. The number of nitrogens with one attached hydrogen (secondary N) is 1. The minimum atomic E-state index is 0.161. The van der Waals surface area contributed by atoms with Crippen molar-refractivity contribution in [1.29, 1.82) is 0 Å². The molecule has 0 aliphatic heterocycles. The van der Waals surface area contributed by atoms with Crippen LogP contribution in [0.2, 0.25) is 0 Å². The third kappa shape index (κ3) is 3.17. The lowest BCUT2D eigenvalue weighted by Gasteiger charge is -2.10. The van der Waals surface area contributed by atoms with Crippen LogP contribution in [0, 0.1) is 11.7 Å². The van der Waals surface area contributed by atoms with Gasteiger partial charge in [-0.25, -0.2) is 4.98 Å². The molecule has 0 unspecified atom stereocenters. The molecule has 1 heterocycles. The summed E-state index contributed by atoms with van der Waals surface area (Å²) in [6.07, 6.45) is 0.161. The molecule has 0 radical (unpaired) electrons. The van der Waals surface area contributed by atoms with Gasteiger partial charge in [0.25, 0.3) is 0 Å². The zero-order valence-corrected chi connectivity index (χ0v) is 11.5. The molecule has 4 heteroatoms. The standard InChI is InChI=1S/C14H16N2OS/c1-9(2)17-12-6-4-5-11(8-12)13-7-10(3)15-14(18)16-13/h4-9H,1-3H3,(H,15,16,18). The smallest absolute Gasteiger partial charge is 0.197 e. The second kappa shape index (κ2) is 5.31. The van der Waals surface area contributed by atoms with Gasteiger partial charge in [0.1, 0.15) is 5.75 Å². The van der Waals surface area contributed by atoms with Crippen LogP contribution in [0.25, 0.3) is 11.3 Å². The lowest BCUT2D eigenvalue weighted by molar-refractivity contribution is 0.242. The number of hydrogen-bond acceptors (Lipinski definition) is 3. The van der Waals surface area contributed by atoms with E-state index in [0.29, 0.717) is 4.77 Å². The molecule has 0 saturated heterocycles. The molecule has 0 atom stereocenters. The maximum Gasteiger partial charge on any atom is 0.197 e. The molecule has 0 saturated carbocycles. The molecule has 0 fully saturated rings. The number of aromatic nitrogens is 2. The molecule has 0 bridgehead atoms. The van der Waals surface area contributed by atoms with E-state index < -0.39 is 0 Å². The first kappa shape index (κ1) is 12.8. The Kier molecular flexibility index (Phi) is 3.77. The Morgan fingerprint density at radius 1 is 1.28 bits per heavy atom. The number of ether oxygens (including phenoxy) is 1. The zero-order chi connectivity index (χ0) is 13.1. The molecule has 0 amide bonds. The van der Waals surface area contributed by atoms with Crippen molar-refractivity contribution in [2.45, 2.75) is 26.9 Å². The van der Waals surface area contributed by atoms with Crippen LogP contribution in [0.5, 0.6) is 5.75 Å². The fourth-order valence-corrected chi connectivity index (χ4v) is 1.99. The highest BCUT2D eigenvalue weighted by Gasteiger charge is 2.03. The van der Waals surface area contributed by atoms with Gasteiger partial charge in [0.2, 0.25) is 0 Å². The van der Waals surface area contributed by atoms with Crippen LogP contribution in [0.1, 0.15) is 19.5 Å². The second-order valence-electron chi connectivity index (χ2n) is 4.45. The summed E-state index contributed by atoms with van der Waals surface area (Å²) in [4.78, 5) is 7.33. The predicted octanol–water partition coefficient (Wildman–Crippen LogP) is 3.90. The Balaban J connectivity index is 2.41. The molecular formula is C14H16N2OS. The van der Waals surface area contributed by atoms with Gasteiger partial charge in [-0.05, 0) is 51.2 Å². The minimum Gasteiger partial charge on any atom is -0.491 e. The van der Waals surface area contributed by atoms with E-state index in [2.05, 4.69) is 9.97 Å². The number of hydrogen-bond donors (Lipinski definition) is 1. The zero-order valence-electron chi connectivity index (χ0n) is 10.7. The summed E-state index contributed by atoms with van der Waals surface area (Å²) >= 11 is 5.09. The highest BCUT2D eigenvalue weighted by Crippen LogP contribution is 2.23. The maximum atomic E-state index is 5.68. The Bertz CT molecular complexity index is 605. The third-order valence-corrected chi connectivity index (χ3v) is 2.57. The van der Waals surface area contributed by atoms with Crippen LogP contribution >= 0.6 is 12.2 Å². The van der Waals surface area contributed by atoms with E-state index in [0.717, 1.165) is 22.7 Å². The van der Waals surface area contributed by atoms with E-state index in [1.807, 2.05) is 51.1 Å². The Labute approximate surface area is 112 Å². The highest BCUT2D eigenvalue weighted by atomic mass is 32.1. The Hall–Kier alpha value is -1.68. The SMILES string of the molecule is Cc1cc(-c2cccc(OC(C)C)c2)nc(=S)[nH]1. The van der Waals surface area contributed by atoms with Gasteiger partial charge in [0.15, 0.2) is 4.77 Å². The van der Waals surface area contributed by atoms with Gasteiger partial charge in [0.05, 0.1) is 11.8 Å². The van der Waals surface area contributed by atoms with Crippen molar-refractivity contribution < 1.29 is 4.74 Å². The van der Waals surface area contributed by atoms with E-state index in [4.69, 9.17) is 17.0 Å². The number of aromatic amines is 1. The first-order valence-electron chi connectivity index (χ1n) is 5.89. The average molecular weight is 260 g/mol. The van der Waals surface area contributed by atoms with E-state index in [-0.39, 0.29) is 6.10 Å². The lowest BCUT2D eigenvalue weighted by Crippen LogP contribution is -2.05. The minimum absolute atomic E-state index is 0.161. The van der Waals surface area contributed by atoms with Crippen LogP contribution in [0.4, 0.5) is 0 Å². The van der Waals surface area contributed by atoms with E-state index >= 15 is 0 Å². The van der Waals surface area contributed by atoms with Gasteiger partial charge in [-0.2, -0.15) is 0 Å². The van der Waals surface area contributed by atoms with Gasteiger partial charge in [-0.1, -0.05) is 12.1 Å². The van der Waals surface area contributed by atoms with Crippen LogP contribution in [-0.4, -0.2) is 16.1 Å². The van der Waals surface area contributed by atoms with Gasteiger partial charge in [-0.3, -0.25) is 0 Å². The number of nitrogens with zero attached hydrogens (tertiary/aromatic N) is 1. The van der Waals surface area contributed by atoms with Gasteiger partial charge in [0, 0.05) is 11.3 Å². The van der Waals surface area contributed by atoms with E-state index in [1.54, 1.807) is 0 Å². The summed E-state index contributed by atoms with van der Waals surface area (Å²) in [6, 6.07) is 9.87. The van der Waals surface area contributed by atoms with Crippen molar-refractivity contribution in [3.05, 3.63) is 40.8 Å². The largest absolute Gasteiger partial charge is 0.491 e. The van der Waals surface area contributed by atoms with Crippen LogP contribution in [0.15, 0.2) is 30.3 Å².